The number of anilines is 2. The zero-order valence-corrected chi connectivity index (χ0v) is 12.0. The molecule has 2 aromatic rings. The van der Waals surface area contributed by atoms with E-state index in [1.807, 2.05) is 0 Å². The molecule has 0 aliphatic rings. The fraction of sp³-hybridized carbons (Fsp3) is 0.125. The fourth-order valence-electron chi connectivity index (χ4n) is 1.72. The minimum atomic E-state index is -0.559. The molecule has 0 aliphatic carbocycles. The van der Waals surface area contributed by atoms with Gasteiger partial charge in [0.2, 0.25) is 0 Å². The Balaban J connectivity index is 2.08. The number of rotatable bonds is 4. The summed E-state index contributed by atoms with van der Waals surface area (Å²) in [7, 11) is 0. The maximum atomic E-state index is 12.8. The molecule has 0 atom stereocenters. The lowest BCUT2D eigenvalue weighted by atomic mass is 10.2. The van der Waals surface area contributed by atoms with Crippen LogP contribution in [-0.4, -0.2) is 18.9 Å². The number of hydrogen-bond acceptors (Lipinski definition) is 4. The van der Waals surface area contributed by atoms with Crippen LogP contribution in [0, 0.1) is 5.82 Å². The van der Waals surface area contributed by atoms with Crippen molar-refractivity contribution in [2.75, 3.05) is 17.7 Å². The fourth-order valence-corrected chi connectivity index (χ4v) is 1.72. The number of nitrogens with one attached hydrogen (secondary N) is 1. The van der Waals surface area contributed by atoms with Crippen molar-refractivity contribution in [3.8, 4) is 0 Å². The van der Waals surface area contributed by atoms with Crippen LogP contribution in [0.4, 0.5) is 26.2 Å². The van der Waals surface area contributed by atoms with Crippen LogP contribution in [0.3, 0.4) is 0 Å². The van der Waals surface area contributed by atoms with Crippen LogP contribution >= 0.6 is 0 Å². The van der Waals surface area contributed by atoms with Crippen LogP contribution < -0.4 is 11.1 Å². The van der Waals surface area contributed by atoms with Gasteiger partial charge in [-0.2, -0.15) is 0 Å². The monoisotopic (exact) mass is 301 g/mol. The third-order valence-corrected chi connectivity index (χ3v) is 2.78. The number of ether oxygens (including phenoxy) is 1. The van der Waals surface area contributed by atoms with Crippen molar-refractivity contribution in [1.82, 2.24) is 0 Å². The molecular formula is C16H16FN3O2. The highest BCUT2D eigenvalue weighted by atomic mass is 19.1. The number of nitrogens with two attached hydrogens (primary N) is 1. The summed E-state index contributed by atoms with van der Waals surface area (Å²) in [5, 5.41) is 2.54. The summed E-state index contributed by atoms with van der Waals surface area (Å²) < 4.78 is 17.6. The quantitative estimate of drug-likeness (QED) is 0.667. The summed E-state index contributed by atoms with van der Waals surface area (Å²) in [6.45, 7) is 2.00. The molecule has 0 aliphatic heterocycles. The smallest absolute Gasteiger partial charge is 0.411 e. The molecule has 0 heterocycles. The number of halogens is 1. The van der Waals surface area contributed by atoms with E-state index in [2.05, 4.69) is 10.3 Å². The summed E-state index contributed by atoms with van der Waals surface area (Å²) in [6, 6.07) is 10.9. The normalized spacial score (nSPS) is 10.6. The van der Waals surface area contributed by atoms with Gasteiger partial charge in [0.15, 0.2) is 0 Å². The molecule has 0 saturated carbocycles. The third kappa shape index (κ3) is 4.31. The third-order valence-electron chi connectivity index (χ3n) is 2.78. The Morgan fingerprint density at radius 2 is 2.05 bits per heavy atom. The lowest BCUT2D eigenvalue weighted by Gasteiger charge is -2.08. The van der Waals surface area contributed by atoms with Gasteiger partial charge < -0.3 is 10.5 Å². The van der Waals surface area contributed by atoms with E-state index in [1.54, 1.807) is 43.5 Å². The molecule has 114 valence electrons. The second-order valence-corrected chi connectivity index (χ2v) is 4.43. The van der Waals surface area contributed by atoms with Crippen molar-refractivity contribution in [2.24, 2.45) is 4.99 Å². The van der Waals surface area contributed by atoms with Crippen molar-refractivity contribution in [3.05, 3.63) is 53.8 Å². The van der Waals surface area contributed by atoms with Gasteiger partial charge >= 0.3 is 6.09 Å². The van der Waals surface area contributed by atoms with E-state index in [1.165, 1.54) is 12.1 Å². The van der Waals surface area contributed by atoms with Crippen LogP contribution in [0.1, 0.15) is 12.5 Å². The second kappa shape index (κ2) is 7.21. The highest BCUT2D eigenvalue weighted by Crippen LogP contribution is 2.24. The number of carbonyl (C=O) groups excluding carboxylic acids is 1. The molecule has 0 fully saturated rings. The summed E-state index contributed by atoms with van der Waals surface area (Å²) in [5.41, 5.74) is 8.09. The number of benzene rings is 2. The Morgan fingerprint density at radius 1 is 1.32 bits per heavy atom. The van der Waals surface area contributed by atoms with Gasteiger partial charge in [-0.25, -0.2) is 9.18 Å². The molecule has 0 aromatic heterocycles. The summed E-state index contributed by atoms with van der Waals surface area (Å²) in [5.74, 6) is -0.296. The highest BCUT2D eigenvalue weighted by Gasteiger charge is 2.05. The summed E-state index contributed by atoms with van der Waals surface area (Å²) in [4.78, 5) is 15.6. The van der Waals surface area contributed by atoms with Crippen molar-refractivity contribution in [1.29, 1.82) is 0 Å². The maximum absolute atomic E-state index is 12.8. The maximum Gasteiger partial charge on any atom is 0.411 e. The molecule has 0 radical (unpaired) electrons. The van der Waals surface area contributed by atoms with Crippen molar-refractivity contribution >= 4 is 29.4 Å². The Labute approximate surface area is 127 Å². The Morgan fingerprint density at radius 3 is 2.68 bits per heavy atom. The van der Waals surface area contributed by atoms with Crippen LogP contribution in [-0.2, 0) is 4.74 Å². The second-order valence-electron chi connectivity index (χ2n) is 4.43. The molecule has 22 heavy (non-hydrogen) atoms. The van der Waals surface area contributed by atoms with Gasteiger partial charge in [-0.15, -0.1) is 0 Å². The molecule has 6 heteroatoms. The molecular weight excluding hydrogens is 285 g/mol. The number of hydrogen-bond donors (Lipinski definition) is 2. The zero-order valence-electron chi connectivity index (χ0n) is 12.0. The molecule has 5 nitrogen and oxygen atoms in total. The molecule has 0 bridgehead atoms. The van der Waals surface area contributed by atoms with Crippen LogP contribution in [0.2, 0.25) is 0 Å². The van der Waals surface area contributed by atoms with Gasteiger partial charge in [0, 0.05) is 6.21 Å². The van der Waals surface area contributed by atoms with E-state index in [0.29, 0.717) is 17.1 Å². The SMILES string of the molecule is CCOC(=O)Nc1ccc(N=Cc2ccc(F)cc2)cc1N. The Hall–Kier alpha value is -2.89. The van der Waals surface area contributed by atoms with E-state index in [-0.39, 0.29) is 12.4 Å². The van der Waals surface area contributed by atoms with Gasteiger partial charge in [-0.3, -0.25) is 10.3 Å². The predicted octanol–water partition coefficient (Wildman–Crippen LogP) is 3.73. The first-order chi connectivity index (χ1) is 10.6. The van der Waals surface area contributed by atoms with Crippen LogP contribution in [0.15, 0.2) is 47.5 Å². The largest absolute Gasteiger partial charge is 0.450 e. The number of carbonyl (C=O) groups is 1. The van der Waals surface area contributed by atoms with E-state index >= 15 is 0 Å². The van der Waals surface area contributed by atoms with Gasteiger partial charge in [-0.05, 0) is 42.8 Å². The minimum absolute atomic E-state index is 0.284. The molecule has 0 spiro atoms. The number of amides is 1. The first-order valence-corrected chi connectivity index (χ1v) is 6.71. The highest BCUT2D eigenvalue weighted by molar-refractivity contribution is 5.90. The van der Waals surface area contributed by atoms with E-state index in [4.69, 9.17) is 10.5 Å². The molecule has 1 amide bonds. The Kier molecular flexibility index (Phi) is 5.08. The molecule has 2 rings (SSSR count). The van der Waals surface area contributed by atoms with Crippen molar-refractivity contribution in [3.63, 3.8) is 0 Å². The zero-order chi connectivity index (χ0) is 15.9. The Bertz CT molecular complexity index is 684. The van der Waals surface area contributed by atoms with Crippen LogP contribution in [0.5, 0.6) is 0 Å². The van der Waals surface area contributed by atoms with Gasteiger partial charge in [-0.1, -0.05) is 12.1 Å². The van der Waals surface area contributed by atoms with Crippen LogP contribution in [0.25, 0.3) is 0 Å². The topological polar surface area (TPSA) is 76.7 Å². The predicted molar refractivity (Wildman–Crippen MR) is 85.2 cm³/mol. The first kappa shape index (κ1) is 15.5. The van der Waals surface area contributed by atoms with E-state index < -0.39 is 6.09 Å². The van der Waals surface area contributed by atoms with Crippen molar-refractivity contribution < 1.29 is 13.9 Å². The molecule has 2 aromatic carbocycles. The van der Waals surface area contributed by atoms with Gasteiger partial charge in [0.25, 0.3) is 0 Å². The summed E-state index contributed by atoms with van der Waals surface area (Å²) >= 11 is 0. The minimum Gasteiger partial charge on any atom is -0.450 e. The number of nitrogens with zero attached hydrogens (tertiary/aromatic N) is 1. The molecule has 0 saturated heterocycles. The first-order valence-electron chi connectivity index (χ1n) is 6.71. The summed E-state index contributed by atoms with van der Waals surface area (Å²) in [6.07, 6.45) is 1.05. The van der Waals surface area contributed by atoms with Crippen molar-refractivity contribution in [2.45, 2.75) is 6.92 Å². The van der Waals surface area contributed by atoms with Gasteiger partial charge in [0.05, 0.1) is 23.7 Å². The van der Waals surface area contributed by atoms with Gasteiger partial charge in [0.1, 0.15) is 5.82 Å². The number of nitrogen functional groups attached to an aromatic ring is 1. The van der Waals surface area contributed by atoms with E-state index in [0.717, 1.165) is 5.56 Å². The number of aliphatic imine (C=N–C) groups is 1. The van der Waals surface area contributed by atoms with E-state index in [9.17, 15) is 9.18 Å². The average Bonchev–Trinajstić information content (AvgIpc) is 2.49. The molecule has 0 unspecified atom stereocenters. The molecule has 3 N–H and O–H groups in total. The lowest BCUT2D eigenvalue weighted by molar-refractivity contribution is 0.168. The standard InChI is InChI=1S/C16H16FN3O2/c1-2-22-16(21)20-15-8-7-13(9-14(15)18)19-10-11-3-5-12(17)6-4-11/h3-10H,2,18H2,1H3,(H,20,21). The lowest BCUT2D eigenvalue weighted by Crippen LogP contribution is -2.14. The average molecular weight is 301 g/mol.